The molecule has 170 valence electrons. The number of fused-ring (bicyclic) bond motifs is 1. The lowest BCUT2D eigenvalue weighted by Crippen LogP contribution is -2.24. The van der Waals surface area contributed by atoms with Crippen molar-refractivity contribution in [3.63, 3.8) is 0 Å². The molecule has 9 nitrogen and oxygen atoms in total. The number of pyridine rings is 2. The molecule has 5 rings (SSSR count). The molecule has 1 amide bonds. The molecule has 4 heterocycles. The second kappa shape index (κ2) is 8.93. The van der Waals surface area contributed by atoms with Gasteiger partial charge in [0.15, 0.2) is 5.75 Å². The maximum Gasteiger partial charge on any atom is 0.387 e. The van der Waals surface area contributed by atoms with Crippen molar-refractivity contribution >= 4 is 23.4 Å². The normalized spacial score (nSPS) is 19.6. The Bertz CT molecular complexity index is 1130. The average molecular weight is 453 g/mol. The first-order valence-corrected chi connectivity index (χ1v) is 10.6. The van der Waals surface area contributed by atoms with Gasteiger partial charge in [-0.3, -0.25) is 9.78 Å². The van der Waals surface area contributed by atoms with Gasteiger partial charge in [0.2, 0.25) is 5.95 Å². The first-order chi connectivity index (χ1) is 16.0. The summed E-state index contributed by atoms with van der Waals surface area (Å²) in [5.74, 6) is 0.985. The number of carbonyl (C=O) groups excluding carboxylic acids is 1. The molecule has 0 spiro atoms. The average Bonchev–Trinajstić information content (AvgIpc) is 3.39. The largest absolute Gasteiger partial charge is 0.432 e. The van der Waals surface area contributed by atoms with E-state index in [1.54, 1.807) is 29.6 Å². The van der Waals surface area contributed by atoms with Gasteiger partial charge in [-0.1, -0.05) is 0 Å². The zero-order valence-electron chi connectivity index (χ0n) is 17.5. The minimum Gasteiger partial charge on any atom is -0.432 e. The molecule has 3 aromatic heterocycles. The van der Waals surface area contributed by atoms with Crippen molar-refractivity contribution in [3.05, 3.63) is 60.3 Å². The van der Waals surface area contributed by atoms with Crippen LogP contribution in [0.1, 0.15) is 35.2 Å². The van der Waals surface area contributed by atoms with Gasteiger partial charge in [0, 0.05) is 35.6 Å². The number of carbonyl (C=O) groups is 1. The van der Waals surface area contributed by atoms with E-state index >= 15 is 0 Å². The summed E-state index contributed by atoms with van der Waals surface area (Å²) in [6.45, 7) is -2.41. The summed E-state index contributed by atoms with van der Waals surface area (Å²) in [4.78, 5) is 30.9. The fraction of sp³-hybridized carbons (Fsp3) is 0.318. The molecule has 2 aliphatic rings. The lowest BCUT2D eigenvalue weighted by Gasteiger charge is -2.18. The maximum absolute atomic E-state index is 12.6. The number of alkyl halides is 2. The van der Waals surface area contributed by atoms with Crippen molar-refractivity contribution in [2.45, 2.75) is 44.5 Å². The minimum absolute atomic E-state index is 0.0457. The van der Waals surface area contributed by atoms with Crippen molar-refractivity contribution < 1.29 is 18.3 Å². The first-order valence-electron chi connectivity index (χ1n) is 10.6. The SMILES string of the molecule is O=C1c2ccncc2CN1c1ccc(N[C@H]2CC[C@H](Nc3ncc(OC(F)F)cn3)C2)nc1. The highest BCUT2D eigenvalue weighted by atomic mass is 19.3. The highest BCUT2D eigenvalue weighted by Crippen LogP contribution is 2.29. The van der Waals surface area contributed by atoms with Crippen LogP contribution in [0, 0.1) is 0 Å². The second-order valence-electron chi connectivity index (χ2n) is 7.94. The van der Waals surface area contributed by atoms with Crippen LogP contribution in [0.2, 0.25) is 0 Å². The maximum atomic E-state index is 12.6. The third kappa shape index (κ3) is 4.66. The Labute approximate surface area is 188 Å². The number of anilines is 3. The molecule has 1 fully saturated rings. The Morgan fingerprint density at radius 3 is 2.48 bits per heavy atom. The summed E-state index contributed by atoms with van der Waals surface area (Å²) in [7, 11) is 0. The minimum atomic E-state index is -2.90. The fourth-order valence-corrected chi connectivity index (χ4v) is 4.18. The van der Waals surface area contributed by atoms with E-state index in [0.717, 1.165) is 36.3 Å². The summed E-state index contributed by atoms with van der Waals surface area (Å²) in [6.07, 6.45) is 10.1. The number of aromatic nitrogens is 4. The lowest BCUT2D eigenvalue weighted by atomic mass is 10.2. The summed E-state index contributed by atoms with van der Waals surface area (Å²) in [6, 6.07) is 5.86. The van der Waals surface area contributed by atoms with Gasteiger partial charge in [-0.05, 0) is 37.5 Å². The van der Waals surface area contributed by atoms with Crippen LogP contribution < -0.4 is 20.3 Å². The van der Waals surface area contributed by atoms with E-state index in [4.69, 9.17) is 0 Å². The molecule has 1 aliphatic carbocycles. The van der Waals surface area contributed by atoms with Crippen molar-refractivity contribution in [2.75, 3.05) is 15.5 Å². The van der Waals surface area contributed by atoms with Crippen LogP contribution in [0.4, 0.5) is 26.2 Å². The zero-order chi connectivity index (χ0) is 22.8. The van der Waals surface area contributed by atoms with Gasteiger partial charge in [-0.2, -0.15) is 8.78 Å². The Hall–Kier alpha value is -3.89. The molecule has 3 aromatic rings. The predicted molar refractivity (Wildman–Crippen MR) is 116 cm³/mol. The number of hydrogen-bond acceptors (Lipinski definition) is 8. The molecule has 0 saturated heterocycles. The Kier molecular flexibility index (Phi) is 5.68. The highest BCUT2D eigenvalue weighted by Gasteiger charge is 2.29. The smallest absolute Gasteiger partial charge is 0.387 e. The molecular formula is C22H21F2N7O2. The van der Waals surface area contributed by atoms with Crippen molar-refractivity contribution in [1.82, 2.24) is 19.9 Å². The first kappa shape index (κ1) is 21.0. The third-order valence-corrected chi connectivity index (χ3v) is 5.74. The number of amides is 1. The number of nitrogens with one attached hydrogen (secondary N) is 2. The van der Waals surface area contributed by atoms with Gasteiger partial charge in [0.05, 0.1) is 30.8 Å². The van der Waals surface area contributed by atoms with E-state index in [2.05, 4.69) is 35.3 Å². The number of rotatable bonds is 7. The molecule has 2 atom stereocenters. The molecule has 0 bridgehead atoms. The summed E-state index contributed by atoms with van der Waals surface area (Å²) in [5.41, 5.74) is 2.33. The van der Waals surface area contributed by atoms with Crippen LogP contribution >= 0.6 is 0 Å². The van der Waals surface area contributed by atoms with Gasteiger partial charge < -0.3 is 20.3 Å². The van der Waals surface area contributed by atoms with Crippen LogP contribution in [-0.2, 0) is 6.54 Å². The highest BCUT2D eigenvalue weighted by molar-refractivity contribution is 6.09. The Morgan fingerprint density at radius 1 is 1.00 bits per heavy atom. The number of ether oxygens (including phenoxy) is 1. The van der Waals surface area contributed by atoms with Crippen LogP contribution in [0.25, 0.3) is 0 Å². The van der Waals surface area contributed by atoms with E-state index in [-0.39, 0.29) is 23.7 Å². The summed E-state index contributed by atoms with van der Waals surface area (Å²) < 4.78 is 28.7. The summed E-state index contributed by atoms with van der Waals surface area (Å²) in [5, 5.41) is 6.65. The predicted octanol–water partition coefficient (Wildman–Crippen LogP) is 3.47. The topological polar surface area (TPSA) is 105 Å². The standard InChI is InChI=1S/C22H21F2N7O2/c23-21(24)33-17-10-27-22(28-11-17)30-15-2-1-14(7-15)29-19-4-3-16(9-26-19)31-12-13-8-25-6-5-18(13)20(31)32/h3-6,8-11,14-15,21H,1-2,7,12H2,(H,26,29)(H,27,28,30)/t14-,15-/m0/s1. The molecule has 33 heavy (non-hydrogen) atoms. The van der Waals surface area contributed by atoms with Gasteiger partial charge in [0.1, 0.15) is 5.82 Å². The molecular weight excluding hydrogens is 432 g/mol. The van der Waals surface area contributed by atoms with Gasteiger partial charge in [0.25, 0.3) is 5.91 Å². The van der Waals surface area contributed by atoms with Crippen molar-refractivity contribution in [2.24, 2.45) is 0 Å². The quantitative estimate of drug-likeness (QED) is 0.560. The fourth-order valence-electron chi connectivity index (χ4n) is 4.18. The molecule has 0 radical (unpaired) electrons. The van der Waals surface area contributed by atoms with E-state index in [1.807, 2.05) is 12.1 Å². The number of nitrogens with zero attached hydrogens (tertiary/aromatic N) is 5. The Balaban J connectivity index is 1.14. The van der Waals surface area contributed by atoms with Gasteiger partial charge in [-0.15, -0.1) is 0 Å². The molecule has 2 N–H and O–H groups in total. The number of halogens is 2. The number of hydrogen-bond donors (Lipinski definition) is 2. The molecule has 1 saturated carbocycles. The summed E-state index contributed by atoms with van der Waals surface area (Å²) >= 11 is 0. The molecule has 1 aliphatic heterocycles. The van der Waals surface area contributed by atoms with Crippen LogP contribution in [0.15, 0.2) is 49.2 Å². The second-order valence-corrected chi connectivity index (χ2v) is 7.94. The van der Waals surface area contributed by atoms with E-state index in [0.29, 0.717) is 18.1 Å². The van der Waals surface area contributed by atoms with Crippen molar-refractivity contribution in [1.29, 1.82) is 0 Å². The van der Waals surface area contributed by atoms with Gasteiger partial charge >= 0.3 is 6.61 Å². The third-order valence-electron chi connectivity index (χ3n) is 5.74. The van der Waals surface area contributed by atoms with Gasteiger partial charge in [-0.25, -0.2) is 15.0 Å². The van der Waals surface area contributed by atoms with Crippen LogP contribution in [0.5, 0.6) is 5.75 Å². The van der Waals surface area contributed by atoms with E-state index < -0.39 is 6.61 Å². The zero-order valence-corrected chi connectivity index (χ0v) is 17.5. The lowest BCUT2D eigenvalue weighted by molar-refractivity contribution is -0.0503. The van der Waals surface area contributed by atoms with E-state index in [9.17, 15) is 13.6 Å². The molecule has 0 aromatic carbocycles. The molecule has 11 heteroatoms. The molecule has 0 unspecified atom stereocenters. The van der Waals surface area contributed by atoms with Crippen molar-refractivity contribution in [3.8, 4) is 5.75 Å². The monoisotopic (exact) mass is 453 g/mol. The van der Waals surface area contributed by atoms with E-state index in [1.165, 1.54) is 12.4 Å². The van der Waals surface area contributed by atoms with Crippen LogP contribution in [-0.4, -0.2) is 44.5 Å². The van der Waals surface area contributed by atoms with Crippen LogP contribution in [0.3, 0.4) is 0 Å². The Morgan fingerprint density at radius 2 is 1.79 bits per heavy atom.